The second kappa shape index (κ2) is 3.86. The maximum Gasteiger partial charge on any atom is 0.120 e. The number of phenols is 2. The summed E-state index contributed by atoms with van der Waals surface area (Å²) in [4.78, 5) is 0. The lowest BCUT2D eigenvalue weighted by molar-refractivity contribution is 0.400. The van der Waals surface area contributed by atoms with E-state index < -0.39 is 0 Å². The Bertz CT molecular complexity index is 322. The number of hydrogen-bond acceptors (Lipinski definition) is 4. The molecular weight excluding hydrogens is 180 g/mol. The van der Waals surface area contributed by atoms with Crippen molar-refractivity contribution < 1.29 is 10.2 Å². The molecule has 0 radical (unpaired) electrons. The Balaban J connectivity index is 2.24. The van der Waals surface area contributed by atoms with Crippen molar-refractivity contribution in [3.63, 3.8) is 0 Å². The van der Waals surface area contributed by atoms with Crippen LogP contribution in [0.2, 0.25) is 0 Å². The summed E-state index contributed by atoms with van der Waals surface area (Å²) in [5.74, 6) is 0.411. The molecule has 1 heterocycles. The first-order chi connectivity index (χ1) is 6.77. The van der Waals surface area contributed by atoms with Gasteiger partial charge in [-0.15, -0.1) is 0 Å². The molecule has 1 unspecified atom stereocenters. The van der Waals surface area contributed by atoms with Gasteiger partial charge in [0.2, 0.25) is 0 Å². The zero-order valence-corrected chi connectivity index (χ0v) is 7.83. The predicted octanol–water partition coefficient (Wildman–Crippen LogP) is 0.332. The van der Waals surface area contributed by atoms with Gasteiger partial charge in [0.1, 0.15) is 11.5 Å². The van der Waals surface area contributed by atoms with Crippen LogP contribution in [-0.4, -0.2) is 29.8 Å². The summed E-state index contributed by atoms with van der Waals surface area (Å²) in [5.41, 5.74) is 0.747. The number of rotatable bonds is 1. The number of benzene rings is 1. The van der Waals surface area contributed by atoms with Gasteiger partial charge in [-0.3, -0.25) is 0 Å². The molecule has 0 spiro atoms. The molecule has 1 saturated heterocycles. The largest absolute Gasteiger partial charge is 0.508 e. The molecule has 0 aromatic heterocycles. The fourth-order valence-electron chi connectivity index (χ4n) is 1.69. The lowest BCUT2D eigenvalue weighted by Crippen LogP contribution is -2.42. The van der Waals surface area contributed by atoms with Crippen molar-refractivity contribution in [1.82, 2.24) is 10.6 Å². The molecule has 2 rings (SSSR count). The molecule has 1 atom stereocenters. The Kier molecular flexibility index (Phi) is 2.56. The van der Waals surface area contributed by atoms with Crippen LogP contribution in [0.15, 0.2) is 18.2 Å². The summed E-state index contributed by atoms with van der Waals surface area (Å²) >= 11 is 0. The molecule has 4 N–H and O–H groups in total. The Morgan fingerprint density at radius 1 is 1.21 bits per heavy atom. The second-order valence-corrected chi connectivity index (χ2v) is 3.45. The van der Waals surface area contributed by atoms with Crippen molar-refractivity contribution in [3.05, 3.63) is 23.8 Å². The highest BCUT2D eigenvalue weighted by Gasteiger charge is 2.17. The van der Waals surface area contributed by atoms with Gasteiger partial charge in [-0.2, -0.15) is 0 Å². The SMILES string of the molecule is Oc1ccc(O)c(C2CNCCN2)c1. The third-order valence-corrected chi connectivity index (χ3v) is 2.43. The molecule has 0 bridgehead atoms. The summed E-state index contributed by atoms with van der Waals surface area (Å²) < 4.78 is 0. The lowest BCUT2D eigenvalue weighted by Gasteiger charge is -2.25. The summed E-state index contributed by atoms with van der Waals surface area (Å²) in [5, 5.41) is 25.4. The zero-order valence-electron chi connectivity index (χ0n) is 7.83. The molecule has 76 valence electrons. The highest BCUT2D eigenvalue weighted by atomic mass is 16.3. The Morgan fingerprint density at radius 2 is 2.07 bits per heavy atom. The zero-order chi connectivity index (χ0) is 9.97. The molecule has 1 aromatic rings. The molecular formula is C10H14N2O2. The van der Waals surface area contributed by atoms with Crippen LogP contribution in [0.5, 0.6) is 11.5 Å². The number of phenolic OH excluding ortho intramolecular Hbond substituents is 2. The van der Waals surface area contributed by atoms with Crippen molar-refractivity contribution in [2.45, 2.75) is 6.04 Å². The summed E-state index contributed by atoms with van der Waals surface area (Å²) in [7, 11) is 0. The van der Waals surface area contributed by atoms with E-state index in [1.54, 1.807) is 6.07 Å². The van der Waals surface area contributed by atoms with Crippen LogP contribution in [0.1, 0.15) is 11.6 Å². The Hall–Kier alpha value is -1.26. The lowest BCUT2D eigenvalue weighted by atomic mass is 10.0. The normalized spacial score (nSPS) is 22.1. The molecule has 1 aromatic carbocycles. The van der Waals surface area contributed by atoms with Crippen LogP contribution in [0, 0.1) is 0 Å². The van der Waals surface area contributed by atoms with Crippen molar-refractivity contribution in [1.29, 1.82) is 0 Å². The van der Waals surface area contributed by atoms with E-state index in [0.29, 0.717) is 0 Å². The minimum absolute atomic E-state index is 0.0795. The molecule has 0 aliphatic carbocycles. The molecule has 1 aliphatic rings. The van der Waals surface area contributed by atoms with Gasteiger partial charge in [-0.05, 0) is 18.2 Å². The fourth-order valence-corrected chi connectivity index (χ4v) is 1.69. The predicted molar refractivity (Wildman–Crippen MR) is 53.4 cm³/mol. The first-order valence-corrected chi connectivity index (χ1v) is 4.73. The van der Waals surface area contributed by atoms with Crippen LogP contribution >= 0.6 is 0 Å². The number of piperazine rings is 1. The molecule has 1 fully saturated rings. The smallest absolute Gasteiger partial charge is 0.120 e. The summed E-state index contributed by atoms with van der Waals surface area (Å²) in [6.45, 7) is 2.59. The van der Waals surface area contributed by atoms with Gasteiger partial charge in [0.25, 0.3) is 0 Å². The summed E-state index contributed by atoms with van der Waals surface area (Å²) in [6.07, 6.45) is 0. The van der Waals surface area contributed by atoms with E-state index in [1.165, 1.54) is 12.1 Å². The highest BCUT2D eigenvalue weighted by molar-refractivity contribution is 5.41. The molecule has 0 amide bonds. The van der Waals surface area contributed by atoms with E-state index in [4.69, 9.17) is 0 Å². The Morgan fingerprint density at radius 3 is 2.79 bits per heavy atom. The maximum atomic E-state index is 9.61. The molecule has 4 heteroatoms. The van der Waals surface area contributed by atoms with E-state index in [9.17, 15) is 10.2 Å². The fraction of sp³-hybridized carbons (Fsp3) is 0.400. The monoisotopic (exact) mass is 194 g/mol. The molecule has 14 heavy (non-hydrogen) atoms. The van der Waals surface area contributed by atoms with Crippen molar-refractivity contribution in [2.75, 3.05) is 19.6 Å². The van der Waals surface area contributed by atoms with E-state index in [2.05, 4.69) is 10.6 Å². The average molecular weight is 194 g/mol. The highest BCUT2D eigenvalue weighted by Crippen LogP contribution is 2.28. The average Bonchev–Trinajstić information content (AvgIpc) is 2.23. The van der Waals surface area contributed by atoms with Crippen LogP contribution < -0.4 is 10.6 Å². The van der Waals surface area contributed by atoms with Gasteiger partial charge in [0.05, 0.1) is 0 Å². The van der Waals surface area contributed by atoms with Crippen LogP contribution in [0.3, 0.4) is 0 Å². The third kappa shape index (κ3) is 1.81. The van der Waals surface area contributed by atoms with Crippen molar-refractivity contribution >= 4 is 0 Å². The van der Waals surface area contributed by atoms with Crippen LogP contribution in [0.25, 0.3) is 0 Å². The molecule has 4 nitrogen and oxygen atoms in total. The van der Waals surface area contributed by atoms with Gasteiger partial charge >= 0.3 is 0 Å². The minimum atomic E-state index is 0.0795. The van der Waals surface area contributed by atoms with Gasteiger partial charge in [0, 0.05) is 31.2 Å². The summed E-state index contributed by atoms with van der Waals surface area (Å²) in [6, 6.07) is 4.67. The second-order valence-electron chi connectivity index (χ2n) is 3.45. The van der Waals surface area contributed by atoms with Crippen molar-refractivity contribution in [2.24, 2.45) is 0 Å². The maximum absolute atomic E-state index is 9.61. The van der Waals surface area contributed by atoms with E-state index in [0.717, 1.165) is 25.2 Å². The number of hydrogen-bond donors (Lipinski definition) is 4. The standard InChI is InChI=1S/C10H14N2O2/c13-7-1-2-10(14)8(5-7)9-6-11-3-4-12-9/h1-2,5,9,11-14H,3-4,6H2. The number of nitrogens with one attached hydrogen (secondary N) is 2. The van der Waals surface area contributed by atoms with Crippen molar-refractivity contribution in [3.8, 4) is 11.5 Å². The first-order valence-electron chi connectivity index (χ1n) is 4.73. The van der Waals surface area contributed by atoms with Gasteiger partial charge < -0.3 is 20.8 Å². The first kappa shape index (κ1) is 9.30. The quantitative estimate of drug-likeness (QED) is 0.486. The molecule has 0 saturated carbocycles. The van der Waals surface area contributed by atoms with Crippen LogP contribution in [-0.2, 0) is 0 Å². The van der Waals surface area contributed by atoms with Crippen LogP contribution in [0.4, 0.5) is 0 Å². The minimum Gasteiger partial charge on any atom is -0.508 e. The van der Waals surface area contributed by atoms with E-state index in [-0.39, 0.29) is 17.5 Å². The van der Waals surface area contributed by atoms with E-state index in [1.807, 2.05) is 0 Å². The Labute approximate surface area is 82.6 Å². The van der Waals surface area contributed by atoms with Gasteiger partial charge in [-0.25, -0.2) is 0 Å². The van der Waals surface area contributed by atoms with Gasteiger partial charge in [0.15, 0.2) is 0 Å². The molecule has 1 aliphatic heterocycles. The third-order valence-electron chi connectivity index (χ3n) is 2.43. The van der Waals surface area contributed by atoms with E-state index >= 15 is 0 Å². The van der Waals surface area contributed by atoms with Gasteiger partial charge in [-0.1, -0.05) is 0 Å². The topological polar surface area (TPSA) is 64.5 Å². The number of aromatic hydroxyl groups is 2.